The average molecular weight is 262 g/mol. The Balaban J connectivity index is 1.78. The van der Waals surface area contributed by atoms with E-state index >= 15 is 0 Å². The fourth-order valence-corrected chi connectivity index (χ4v) is 3.18. The predicted octanol–water partition coefficient (Wildman–Crippen LogP) is 4.40. The molecule has 0 radical (unpaired) electrons. The molecule has 19 heavy (non-hydrogen) atoms. The van der Waals surface area contributed by atoms with Gasteiger partial charge in [0.1, 0.15) is 5.75 Å². The summed E-state index contributed by atoms with van der Waals surface area (Å²) >= 11 is 0. The molecule has 1 aliphatic rings. The van der Waals surface area contributed by atoms with E-state index in [4.69, 9.17) is 9.47 Å². The first-order chi connectivity index (χ1) is 9.33. The molecule has 1 aromatic carbocycles. The molecule has 2 heteroatoms. The lowest BCUT2D eigenvalue weighted by Crippen LogP contribution is -2.13. The van der Waals surface area contributed by atoms with Crippen molar-refractivity contribution in [2.24, 2.45) is 5.92 Å². The van der Waals surface area contributed by atoms with Crippen LogP contribution >= 0.6 is 0 Å². The van der Waals surface area contributed by atoms with Crippen LogP contribution < -0.4 is 4.74 Å². The van der Waals surface area contributed by atoms with Gasteiger partial charge in [0, 0.05) is 13.7 Å². The van der Waals surface area contributed by atoms with Crippen LogP contribution in [-0.2, 0) is 4.74 Å². The van der Waals surface area contributed by atoms with Gasteiger partial charge in [0.2, 0.25) is 0 Å². The van der Waals surface area contributed by atoms with E-state index < -0.39 is 0 Å². The second-order valence-electron chi connectivity index (χ2n) is 5.63. The molecule has 0 aliphatic heterocycles. The molecule has 1 aliphatic carbocycles. The molecular weight excluding hydrogens is 236 g/mol. The van der Waals surface area contributed by atoms with Crippen molar-refractivity contribution in [2.45, 2.75) is 44.4 Å². The van der Waals surface area contributed by atoms with E-state index in [1.165, 1.54) is 44.1 Å². The summed E-state index contributed by atoms with van der Waals surface area (Å²) in [5, 5.41) is 0. The lowest BCUT2D eigenvalue weighted by atomic mass is 9.77. The first-order valence-electron chi connectivity index (χ1n) is 7.46. The minimum atomic E-state index is 0.754. The van der Waals surface area contributed by atoms with E-state index in [2.05, 4.69) is 24.3 Å². The standard InChI is InChI=1S/C17H26O2/c1-18-13-3-4-14-5-7-15(8-6-14)16-9-11-17(19-2)12-10-16/h9-12,14-15H,3-8,13H2,1-2H3. The third-order valence-electron chi connectivity index (χ3n) is 4.39. The van der Waals surface area contributed by atoms with Crippen LogP contribution in [0.5, 0.6) is 5.75 Å². The van der Waals surface area contributed by atoms with Crippen molar-refractivity contribution in [3.8, 4) is 5.75 Å². The van der Waals surface area contributed by atoms with Gasteiger partial charge in [-0.05, 0) is 68.1 Å². The maximum Gasteiger partial charge on any atom is 0.118 e. The highest BCUT2D eigenvalue weighted by Crippen LogP contribution is 2.37. The topological polar surface area (TPSA) is 18.5 Å². The minimum Gasteiger partial charge on any atom is -0.497 e. The van der Waals surface area contributed by atoms with Gasteiger partial charge in [-0.25, -0.2) is 0 Å². The normalized spacial score (nSPS) is 23.3. The van der Waals surface area contributed by atoms with E-state index in [1.807, 2.05) is 0 Å². The highest BCUT2D eigenvalue weighted by molar-refractivity contribution is 5.29. The lowest BCUT2D eigenvalue weighted by Gasteiger charge is -2.28. The van der Waals surface area contributed by atoms with Crippen LogP contribution in [0.1, 0.15) is 50.0 Å². The van der Waals surface area contributed by atoms with Gasteiger partial charge in [0.25, 0.3) is 0 Å². The van der Waals surface area contributed by atoms with Crippen molar-refractivity contribution in [3.63, 3.8) is 0 Å². The van der Waals surface area contributed by atoms with Gasteiger partial charge in [-0.3, -0.25) is 0 Å². The molecule has 0 atom stereocenters. The Bertz CT molecular complexity index is 350. The van der Waals surface area contributed by atoms with Crippen LogP contribution in [0.4, 0.5) is 0 Å². The van der Waals surface area contributed by atoms with Crippen LogP contribution in [0.15, 0.2) is 24.3 Å². The van der Waals surface area contributed by atoms with Gasteiger partial charge in [-0.2, -0.15) is 0 Å². The summed E-state index contributed by atoms with van der Waals surface area (Å²) in [6.07, 6.45) is 7.98. The first-order valence-corrected chi connectivity index (χ1v) is 7.46. The largest absolute Gasteiger partial charge is 0.497 e. The van der Waals surface area contributed by atoms with E-state index in [0.717, 1.165) is 24.2 Å². The molecule has 1 fully saturated rings. The highest BCUT2D eigenvalue weighted by atomic mass is 16.5. The van der Waals surface area contributed by atoms with Crippen LogP contribution in [-0.4, -0.2) is 20.8 Å². The molecule has 0 heterocycles. The molecule has 0 aromatic heterocycles. The first kappa shape index (κ1) is 14.4. The molecular formula is C17H26O2. The number of hydrogen-bond acceptors (Lipinski definition) is 2. The van der Waals surface area contributed by atoms with Gasteiger partial charge in [-0.15, -0.1) is 0 Å². The van der Waals surface area contributed by atoms with Crippen molar-refractivity contribution >= 4 is 0 Å². The van der Waals surface area contributed by atoms with Gasteiger partial charge < -0.3 is 9.47 Å². The summed E-state index contributed by atoms with van der Waals surface area (Å²) in [5.74, 6) is 2.63. The minimum absolute atomic E-state index is 0.754. The number of rotatable bonds is 6. The van der Waals surface area contributed by atoms with Gasteiger partial charge in [0.05, 0.1) is 7.11 Å². The quantitative estimate of drug-likeness (QED) is 0.708. The second-order valence-corrected chi connectivity index (χ2v) is 5.63. The Morgan fingerprint density at radius 3 is 2.26 bits per heavy atom. The molecule has 0 saturated heterocycles. The van der Waals surface area contributed by atoms with Crippen LogP contribution in [0.3, 0.4) is 0 Å². The molecule has 2 rings (SSSR count). The number of methoxy groups -OCH3 is 2. The third-order valence-corrected chi connectivity index (χ3v) is 4.39. The fourth-order valence-electron chi connectivity index (χ4n) is 3.18. The second kappa shape index (κ2) is 7.54. The Hall–Kier alpha value is -1.02. The smallest absolute Gasteiger partial charge is 0.118 e. The Morgan fingerprint density at radius 2 is 1.68 bits per heavy atom. The monoisotopic (exact) mass is 262 g/mol. The fraction of sp³-hybridized carbons (Fsp3) is 0.647. The average Bonchev–Trinajstić information content (AvgIpc) is 2.48. The van der Waals surface area contributed by atoms with Gasteiger partial charge in [0.15, 0.2) is 0 Å². The van der Waals surface area contributed by atoms with Crippen molar-refractivity contribution in [2.75, 3.05) is 20.8 Å². The number of ether oxygens (including phenoxy) is 2. The molecule has 0 spiro atoms. The van der Waals surface area contributed by atoms with Crippen molar-refractivity contribution in [1.29, 1.82) is 0 Å². The summed E-state index contributed by atoms with van der Waals surface area (Å²) in [4.78, 5) is 0. The summed E-state index contributed by atoms with van der Waals surface area (Å²) in [5.41, 5.74) is 1.48. The molecule has 0 N–H and O–H groups in total. The predicted molar refractivity (Wildman–Crippen MR) is 78.8 cm³/mol. The molecule has 2 nitrogen and oxygen atoms in total. The summed E-state index contributed by atoms with van der Waals surface area (Å²) in [7, 11) is 3.51. The summed E-state index contributed by atoms with van der Waals surface area (Å²) in [6, 6.07) is 8.63. The van der Waals surface area contributed by atoms with E-state index in [9.17, 15) is 0 Å². The van der Waals surface area contributed by atoms with Gasteiger partial charge in [-0.1, -0.05) is 12.1 Å². The number of benzene rings is 1. The van der Waals surface area contributed by atoms with Crippen molar-refractivity contribution in [3.05, 3.63) is 29.8 Å². The third kappa shape index (κ3) is 4.24. The van der Waals surface area contributed by atoms with E-state index in [-0.39, 0.29) is 0 Å². The molecule has 0 amide bonds. The van der Waals surface area contributed by atoms with Crippen LogP contribution in [0.2, 0.25) is 0 Å². The zero-order valence-electron chi connectivity index (χ0n) is 12.2. The van der Waals surface area contributed by atoms with Crippen LogP contribution in [0, 0.1) is 5.92 Å². The Kier molecular flexibility index (Phi) is 5.71. The zero-order valence-corrected chi connectivity index (χ0v) is 12.2. The van der Waals surface area contributed by atoms with E-state index in [0.29, 0.717) is 0 Å². The number of hydrogen-bond donors (Lipinski definition) is 0. The highest BCUT2D eigenvalue weighted by Gasteiger charge is 2.21. The van der Waals surface area contributed by atoms with Gasteiger partial charge >= 0.3 is 0 Å². The molecule has 0 bridgehead atoms. The lowest BCUT2D eigenvalue weighted by molar-refractivity contribution is 0.180. The summed E-state index contributed by atoms with van der Waals surface area (Å²) in [6.45, 7) is 0.915. The molecule has 1 aromatic rings. The van der Waals surface area contributed by atoms with Crippen molar-refractivity contribution < 1.29 is 9.47 Å². The molecule has 106 valence electrons. The zero-order chi connectivity index (χ0) is 13.5. The Labute approximate surface area is 117 Å². The SMILES string of the molecule is COCCCC1CCC(c2ccc(OC)cc2)CC1. The van der Waals surface area contributed by atoms with Crippen molar-refractivity contribution in [1.82, 2.24) is 0 Å². The van der Waals surface area contributed by atoms with Crippen LogP contribution in [0.25, 0.3) is 0 Å². The Morgan fingerprint density at radius 1 is 1.00 bits per heavy atom. The summed E-state index contributed by atoms with van der Waals surface area (Å²) < 4.78 is 10.3. The maximum absolute atomic E-state index is 5.22. The van der Waals surface area contributed by atoms with E-state index in [1.54, 1.807) is 14.2 Å². The molecule has 1 saturated carbocycles. The molecule has 0 unspecified atom stereocenters. The maximum atomic E-state index is 5.22.